The summed E-state index contributed by atoms with van der Waals surface area (Å²) in [5, 5.41) is 21.4. The zero-order valence-corrected chi connectivity index (χ0v) is 15.0. The standard InChI is InChI=1S/C20H20N2O3S/c23-18(17-7-3-5-15-4-1-2-6-16(15)17)8-10-21-19(24)20(25)22-12-14-9-11-26-13-14/h1-7,9,11,13,18,23H,8,10,12H2,(H,21,24)(H,22,25). The molecule has 1 aromatic heterocycles. The molecule has 3 aromatic rings. The van der Waals surface area contributed by atoms with Crippen molar-refractivity contribution in [3.05, 3.63) is 70.4 Å². The smallest absolute Gasteiger partial charge is 0.309 e. The lowest BCUT2D eigenvalue weighted by atomic mass is 9.99. The molecule has 0 spiro atoms. The molecule has 6 heteroatoms. The third-order valence-corrected chi connectivity index (χ3v) is 4.86. The number of carbonyl (C=O) groups is 2. The number of hydrogen-bond donors (Lipinski definition) is 3. The second kappa shape index (κ2) is 8.60. The third kappa shape index (κ3) is 4.47. The van der Waals surface area contributed by atoms with Crippen LogP contribution in [0.1, 0.15) is 23.7 Å². The Hall–Kier alpha value is -2.70. The molecule has 0 saturated heterocycles. The summed E-state index contributed by atoms with van der Waals surface area (Å²) >= 11 is 1.54. The van der Waals surface area contributed by atoms with Crippen molar-refractivity contribution in [3.8, 4) is 0 Å². The minimum absolute atomic E-state index is 0.217. The van der Waals surface area contributed by atoms with Crippen molar-refractivity contribution in [2.45, 2.75) is 19.1 Å². The van der Waals surface area contributed by atoms with Crippen molar-refractivity contribution in [3.63, 3.8) is 0 Å². The molecule has 0 bridgehead atoms. The van der Waals surface area contributed by atoms with Crippen LogP contribution < -0.4 is 10.6 Å². The lowest BCUT2D eigenvalue weighted by Crippen LogP contribution is -2.40. The highest BCUT2D eigenvalue weighted by molar-refractivity contribution is 7.07. The highest BCUT2D eigenvalue weighted by atomic mass is 32.1. The molecule has 0 aliphatic rings. The zero-order chi connectivity index (χ0) is 18.4. The van der Waals surface area contributed by atoms with E-state index in [9.17, 15) is 14.7 Å². The SMILES string of the molecule is O=C(NCCC(O)c1cccc2ccccc12)C(=O)NCc1ccsc1. The molecule has 26 heavy (non-hydrogen) atoms. The number of fused-ring (bicyclic) bond motifs is 1. The van der Waals surface area contributed by atoms with Crippen LogP contribution in [0.5, 0.6) is 0 Å². The van der Waals surface area contributed by atoms with Crippen molar-refractivity contribution in [2.24, 2.45) is 0 Å². The van der Waals surface area contributed by atoms with E-state index in [2.05, 4.69) is 10.6 Å². The summed E-state index contributed by atoms with van der Waals surface area (Å²) < 4.78 is 0. The number of thiophene rings is 1. The van der Waals surface area contributed by atoms with E-state index >= 15 is 0 Å². The van der Waals surface area contributed by atoms with Gasteiger partial charge in [0.1, 0.15) is 0 Å². The molecule has 0 aliphatic carbocycles. The Morgan fingerprint density at radius 1 is 1.00 bits per heavy atom. The largest absolute Gasteiger partial charge is 0.388 e. The molecular weight excluding hydrogens is 348 g/mol. The third-order valence-electron chi connectivity index (χ3n) is 4.13. The first-order chi connectivity index (χ1) is 12.6. The number of benzene rings is 2. The molecule has 2 amide bonds. The van der Waals surface area contributed by atoms with E-state index < -0.39 is 17.9 Å². The van der Waals surface area contributed by atoms with Crippen molar-refractivity contribution in [1.29, 1.82) is 0 Å². The molecule has 3 N–H and O–H groups in total. The lowest BCUT2D eigenvalue weighted by molar-refractivity contribution is -0.139. The second-order valence-corrected chi connectivity index (χ2v) is 6.72. The molecule has 2 aromatic carbocycles. The van der Waals surface area contributed by atoms with E-state index in [0.717, 1.165) is 21.9 Å². The molecular formula is C20H20N2O3S. The van der Waals surface area contributed by atoms with Crippen LogP contribution in [-0.4, -0.2) is 23.5 Å². The van der Waals surface area contributed by atoms with E-state index in [0.29, 0.717) is 13.0 Å². The molecule has 3 rings (SSSR count). The molecule has 1 atom stereocenters. The van der Waals surface area contributed by atoms with Crippen molar-refractivity contribution in [1.82, 2.24) is 10.6 Å². The number of hydrogen-bond acceptors (Lipinski definition) is 4. The summed E-state index contributed by atoms with van der Waals surface area (Å²) in [5.74, 6) is -1.36. The summed E-state index contributed by atoms with van der Waals surface area (Å²) in [4.78, 5) is 23.6. The summed E-state index contributed by atoms with van der Waals surface area (Å²) in [6.07, 6.45) is -0.382. The first-order valence-electron chi connectivity index (χ1n) is 8.38. The van der Waals surface area contributed by atoms with E-state index in [1.165, 1.54) is 11.3 Å². The first kappa shape index (κ1) is 18.1. The molecule has 0 radical (unpaired) electrons. The summed E-state index contributed by atoms with van der Waals surface area (Å²) in [5.41, 5.74) is 1.78. The summed E-state index contributed by atoms with van der Waals surface area (Å²) in [6, 6.07) is 15.5. The minimum atomic E-state index is -0.713. The van der Waals surface area contributed by atoms with Crippen LogP contribution in [0.15, 0.2) is 59.3 Å². The van der Waals surface area contributed by atoms with Gasteiger partial charge in [-0.05, 0) is 45.1 Å². The van der Waals surface area contributed by atoms with Crippen LogP contribution in [0, 0.1) is 0 Å². The maximum atomic E-state index is 11.8. The van der Waals surface area contributed by atoms with Gasteiger partial charge in [-0.2, -0.15) is 11.3 Å². The average Bonchev–Trinajstić information content (AvgIpc) is 3.19. The maximum Gasteiger partial charge on any atom is 0.309 e. The van der Waals surface area contributed by atoms with E-state index in [-0.39, 0.29) is 6.54 Å². The molecule has 134 valence electrons. The Bertz CT molecular complexity index is 888. The number of amides is 2. The monoisotopic (exact) mass is 368 g/mol. The quantitative estimate of drug-likeness (QED) is 0.586. The Kier molecular flexibility index (Phi) is 5.99. The van der Waals surface area contributed by atoms with Gasteiger partial charge in [-0.1, -0.05) is 42.5 Å². The van der Waals surface area contributed by atoms with Crippen molar-refractivity contribution >= 4 is 33.9 Å². The van der Waals surface area contributed by atoms with Crippen LogP contribution in [0.2, 0.25) is 0 Å². The van der Waals surface area contributed by atoms with Crippen LogP contribution in [0.3, 0.4) is 0 Å². The van der Waals surface area contributed by atoms with E-state index in [1.54, 1.807) is 0 Å². The van der Waals surface area contributed by atoms with Gasteiger partial charge in [0.15, 0.2) is 0 Å². The normalized spacial score (nSPS) is 11.9. The van der Waals surface area contributed by atoms with Gasteiger partial charge < -0.3 is 15.7 Å². The lowest BCUT2D eigenvalue weighted by Gasteiger charge is -2.14. The first-order valence-corrected chi connectivity index (χ1v) is 9.32. The van der Waals surface area contributed by atoms with Crippen LogP contribution in [0.4, 0.5) is 0 Å². The van der Waals surface area contributed by atoms with Gasteiger partial charge in [0.25, 0.3) is 0 Å². The van der Waals surface area contributed by atoms with Gasteiger partial charge in [-0.25, -0.2) is 0 Å². The van der Waals surface area contributed by atoms with Gasteiger partial charge >= 0.3 is 11.8 Å². The fourth-order valence-electron chi connectivity index (χ4n) is 2.76. The summed E-state index contributed by atoms with van der Waals surface area (Å²) in [6.45, 7) is 0.545. The predicted molar refractivity (Wildman–Crippen MR) is 103 cm³/mol. The molecule has 0 aliphatic heterocycles. The predicted octanol–water partition coefficient (Wildman–Crippen LogP) is 2.76. The van der Waals surface area contributed by atoms with Gasteiger partial charge in [-0.15, -0.1) is 0 Å². The Labute approximate surface area is 155 Å². The maximum absolute atomic E-state index is 11.8. The molecule has 0 saturated carbocycles. The fourth-order valence-corrected chi connectivity index (χ4v) is 3.42. The fraction of sp³-hybridized carbons (Fsp3) is 0.200. The van der Waals surface area contributed by atoms with Crippen molar-refractivity contribution in [2.75, 3.05) is 6.54 Å². The molecule has 5 nitrogen and oxygen atoms in total. The molecule has 0 fully saturated rings. The average molecular weight is 368 g/mol. The Morgan fingerprint density at radius 3 is 2.58 bits per heavy atom. The number of aliphatic hydroxyl groups is 1. The van der Waals surface area contributed by atoms with Gasteiger partial charge in [-0.3, -0.25) is 9.59 Å². The highest BCUT2D eigenvalue weighted by Gasteiger charge is 2.15. The Morgan fingerprint density at radius 2 is 1.77 bits per heavy atom. The van der Waals surface area contributed by atoms with Crippen LogP contribution in [0.25, 0.3) is 10.8 Å². The van der Waals surface area contributed by atoms with Crippen LogP contribution >= 0.6 is 11.3 Å². The zero-order valence-electron chi connectivity index (χ0n) is 14.1. The molecule has 1 heterocycles. The van der Waals surface area contributed by atoms with Crippen LogP contribution in [-0.2, 0) is 16.1 Å². The van der Waals surface area contributed by atoms with Gasteiger partial charge in [0, 0.05) is 13.1 Å². The van der Waals surface area contributed by atoms with E-state index in [1.807, 2.05) is 59.3 Å². The summed E-state index contributed by atoms with van der Waals surface area (Å²) in [7, 11) is 0. The second-order valence-electron chi connectivity index (χ2n) is 5.94. The number of aliphatic hydroxyl groups excluding tert-OH is 1. The van der Waals surface area contributed by atoms with Crippen molar-refractivity contribution < 1.29 is 14.7 Å². The Balaban J connectivity index is 1.49. The van der Waals surface area contributed by atoms with E-state index in [4.69, 9.17) is 0 Å². The minimum Gasteiger partial charge on any atom is -0.388 e. The number of nitrogens with one attached hydrogen (secondary N) is 2. The topological polar surface area (TPSA) is 78.4 Å². The highest BCUT2D eigenvalue weighted by Crippen LogP contribution is 2.25. The van der Waals surface area contributed by atoms with Gasteiger partial charge in [0.2, 0.25) is 0 Å². The molecule has 1 unspecified atom stereocenters. The number of rotatable bonds is 6. The number of carbonyl (C=O) groups excluding carboxylic acids is 2. The van der Waals surface area contributed by atoms with Gasteiger partial charge in [0.05, 0.1) is 6.10 Å².